The molecule has 0 amide bonds. The Hall–Kier alpha value is -0.590. The first kappa shape index (κ1) is 16.8. The van der Waals surface area contributed by atoms with Crippen LogP contribution in [0, 0.1) is 6.92 Å². The van der Waals surface area contributed by atoms with E-state index in [-0.39, 0.29) is 12.5 Å². The van der Waals surface area contributed by atoms with Gasteiger partial charge in [-0.05, 0) is 30.5 Å². The Bertz CT molecular complexity index is 470. The second-order valence-corrected chi connectivity index (χ2v) is 6.32. The van der Waals surface area contributed by atoms with E-state index < -0.39 is 12.6 Å². The number of hydrogen-bond donors (Lipinski definition) is 1. The summed E-state index contributed by atoms with van der Waals surface area (Å²) < 4.78 is 38.8. The van der Waals surface area contributed by atoms with Crippen LogP contribution in [0.5, 0.6) is 0 Å². The number of piperazine rings is 1. The molecule has 2 rings (SSSR count). The smallest absolute Gasteiger partial charge is 0.314 e. The maximum absolute atomic E-state index is 12.6. The number of nitrogens with one attached hydrogen (secondary N) is 1. The zero-order valence-corrected chi connectivity index (χ0v) is 13.6. The van der Waals surface area contributed by atoms with Crippen molar-refractivity contribution >= 4 is 15.9 Å². The molecule has 1 heterocycles. The molecule has 21 heavy (non-hydrogen) atoms. The van der Waals surface area contributed by atoms with Crippen molar-refractivity contribution in [2.24, 2.45) is 0 Å². The molecule has 1 fully saturated rings. The molecule has 0 aliphatic carbocycles. The number of benzene rings is 1. The Morgan fingerprint density at radius 2 is 1.95 bits per heavy atom. The number of alkyl halides is 3. The van der Waals surface area contributed by atoms with Crippen LogP contribution in [-0.4, -0.2) is 37.3 Å². The Morgan fingerprint density at radius 1 is 1.29 bits per heavy atom. The average Bonchev–Trinajstić information content (AvgIpc) is 2.43. The lowest BCUT2D eigenvalue weighted by Gasteiger charge is -2.35. The van der Waals surface area contributed by atoms with Crippen LogP contribution in [0.4, 0.5) is 13.2 Å². The van der Waals surface area contributed by atoms with Crippen molar-refractivity contribution in [3.63, 3.8) is 0 Å². The van der Waals surface area contributed by atoms with Gasteiger partial charge in [-0.3, -0.25) is 4.90 Å². The summed E-state index contributed by atoms with van der Waals surface area (Å²) in [6, 6.07) is 5.69. The number of hydrogen-bond acceptors (Lipinski definition) is 2. The number of nitrogens with zero attached hydrogens (tertiary/aromatic N) is 1. The summed E-state index contributed by atoms with van der Waals surface area (Å²) in [6.07, 6.45) is -4.74. The summed E-state index contributed by atoms with van der Waals surface area (Å²) in [5.41, 5.74) is 2.05. The van der Waals surface area contributed by atoms with Crippen molar-refractivity contribution in [2.45, 2.75) is 32.0 Å². The van der Waals surface area contributed by atoms with Crippen molar-refractivity contribution in [3.8, 4) is 0 Å². The molecule has 6 heteroatoms. The van der Waals surface area contributed by atoms with Crippen LogP contribution >= 0.6 is 15.9 Å². The van der Waals surface area contributed by atoms with Gasteiger partial charge in [-0.1, -0.05) is 28.1 Å². The van der Waals surface area contributed by atoms with E-state index >= 15 is 0 Å². The van der Waals surface area contributed by atoms with Crippen molar-refractivity contribution < 1.29 is 13.2 Å². The van der Waals surface area contributed by atoms with Gasteiger partial charge in [0.1, 0.15) is 0 Å². The third-order valence-electron chi connectivity index (χ3n) is 3.87. The van der Waals surface area contributed by atoms with Gasteiger partial charge in [0.05, 0.1) is 0 Å². The minimum Gasteiger partial charge on any atom is -0.314 e. The molecular formula is C15H20BrF3N2. The summed E-state index contributed by atoms with van der Waals surface area (Å²) in [7, 11) is 0. The first-order chi connectivity index (χ1) is 9.87. The van der Waals surface area contributed by atoms with Crippen molar-refractivity contribution in [3.05, 3.63) is 33.8 Å². The van der Waals surface area contributed by atoms with Gasteiger partial charge in [0.2, 0.25) is 0 Å². The molecule has 1 saturated heterocycles. The molecule has 0 radical (unpaired) electrons. The molecule has 0 unspecified atom stereocenters. The summed E-state index contributed by atoms with van der Waals surface area (Å²) >= 11 is 3.48. The fourth-order valence-corrected chi connectivity index (χ4v) is 3.07. The van der Waals surface area contributed by atoms with E-state index in [1.54, 1.807) is 0 Å². The monoisotopic (exact) mass is 364 g/mol. The summed E-state index contributed by atoms with van der Waals surface area (Å²) in [5, 5.41) is 3.24. The summed E-state index contributed by atoms with van der Waals surface area (Å²) in [6.45, 7) is 5.20. The van der Waals surface area contributed by atoms with Crippen LogP contribution in [0.15, 0.2) is 22.7 Å². The molecule has 2 nitrogen and oxygen atoms in total. The van der Waals surface area contributed by atoms with E-state index in [4.69, 9.17) is 0 Å². The molecule has 1 aromatic carbocycles. The van der Waals surface area contributed by atoms with Crippen LogP contribution in [0.1, 0.15) is 30.0 Å². The Balaban J connectivity index is 2.18. The van der Waals surface area contributed by atoms with E-state index in [1.165, 1.54) is 0 Å². The third-order valence-corrected chi connectivity index (χ3v) is 4.73. The van der Waals surface area contributed by atoms with Gasteiger partial charge in [0, 0.05) is 43.1 Å². The number of aryl methyl sites for hydroxylation is 1. The van der Waals surface area contributed by atoms with Crippen LogP contribution in [0.3, 0.4) is 0 Å². The normalized spacial score (nSPS) is 18.7. The standard InChI is InChI=1S/C15H20BrF3N2/c1-11-2-3-12(10-13(11)16)14(4-5-15(17,18)19)21-8-6-20-7-9-21/h2-3,10,14,20H,4-9H2,1H3/t14-/m0/s1. The van der Waals surface area contributed by atoms with Gasteiger partial charge in [-0.25, -0.2) is 0 Å². The van der Waals surface area contributed by atoms with Gasteiger partial charge in [-0.2, -0.15) is 13.2 Å². The highest BCUT2D eigenvalue weighted by molar-refractivity contribution is 9.10. The minimum absolute atomic E-state index is 0.110. The van der Waals surface area contributed by atoms with Gasteiger partial charge in [-0.15, -0.1) is 0 Å². The van der Waals surface area contributed by atoms with Gasteiger partial charge in [0.25, 0.3) is 0 Å². The molecule has 118 valence electrons. The highest BCUT2D eigenvalue weighted by Crippen LogP contribution is 2.33. The average molecular weight is 365 g/mol. The van der Waals surface area contributed by atoms with Crippen molar-refractivity contribution in [1.82, 2.24) is 10.2 Å². The highest BCUT2D eigenvalue weighted by atomic mass is 79.9. The zero-order valence-electron chi connectivity index (χ0n) is 12.0. The number of rotatable bonds is 4. The quantitative estimate of drug-likeness (QED) is 0.866. The molecule has 1 N–H and O–H groups in total. The molecule has 1 aromatic rings. The molecular weight excluding hydrogens is 345 g/mol. The molecule has 0 bridgehead atoms. The molecule has 1 aliphatic heterocycles. The predicted molar refractivity (Wildman–Crippen MR) is 81.4 cm³/mol. The maximum atomic E-state index is 12.6. The van der Waals surface area contributed by atoms with Crippen LogP contribution in [-0.2, 0) is 0 Å². The minimum atomic E-state index is -4.10. The third kappa shape index (κ3) is 4.97. The Morgan fingerprint density at radius 3 is 2.52 bits per heavy atom. The lowest BCUT2D eigenvalue weighted by molar-refractivity contribution is -0.138. The van der Waals surface area contributed by atoms with E-state index in [9.17, 15) is 13.2 Å². The lowest BCUT2D eigenvalue weighted by atomic mass is 9.98. The maximum Gasteiger partial charge on any atom is 0.389 e. The van der Waals surface area contributed by atoms with Gasteiger partial charge >= 0.3 is 6.18 Å². The largest absolute Gasteiger partial charge is 0.389 e. The molecule has 0 spiro atoms. The summed E-state index contributed by atoms with van der Waals surface area (Å²) in [4.78, 5) is 2.15. The van der Waals surface area contributed by atoms with E-state index in [2.05, 4.69) is 26.1 Å². The van der Waals surface area contributed by atoms with E-state index in [1.807, 2.05) is 25.1 Å². The molecule has 1 atom stereocenters. The highest BCUT2D eigenvalue weighted by Gasteiger charge is 2.31. The molecule has 1 aliphatic rings. The zero-order chi connectivity index (χ0) is 15.5. The number of halogens is 4. The van der Waals surface area contributed by atoms with E-state index in [0.717, 1.165) is 41.8 Å². The Labute approximate surface area is 131 Å². The topological polar surface area (TPSA) is 15.3 Å². The van der Waals surface area contributed by atoms with Crippen LogP contribution < -0.4 is 5.32 Å². The van der Waals surface area contributed by atoms with Gasteiger partial charge in [0.15, 0.2) is 0 Å². The van der Waals surface area contributed by atoms with Gasteiger partial charge < -0.3 is 5.32 Å². The fourth-order valence-electron chi connectivity index (χ4n) is 2.67. The molecule has 0 saturated carbocycles. The second kappa shape index (κ2) is 7.11. The molecule has 0 aromatic heterocycles. The summed E-state index contributed by atoms with van der Waals surface area (Å²) in [5.74, 6) is 0. The Kier molecular flexibility index (Phi) is 5.68. The fraction of sp³-hybridized carbons (Fsp3) is 0.600. The lowest BCUT2D eigenvalue weighted by Crippen LogP contribution is -2.45. The van der Waals surface area contributed by atoms with E-state index in [0.29, 0.717) is 0 Å². The van der Waals surface area contributed by atoms with Crippen molar-refractivity contribution in [1.29, 1.82) is 0 Å². The van der Waals surface area contributed by atoms with Crippen LogP contribution in [0.2, 0.25) is 0 Å². The van der Waals surface area contributed by atoms with Crippen molar-refractivity contribution in [2.75, 3.05) is 26.2 Å². The first-order valence-electron chi connectivity index (χ1n) is 7.14. The SMILES string of the molecule is Cc1ccc([C@H](CCC(F)(F)F)N2CCNCC2)cc1Br. The second-order valence-electron chi connectivity index (χ2n) is 5.46. The predicted octanol–water partition coefficient (Wildman–Crippen LogP) is 4.05. The van der Waals surface area contributed by atoms with Crippen LogP contribution in [0.25, 0.3) is 0 Å². The first-order valence-corrected chi connectivity index (χ1v) is 7.94.